The average Bonchev–Trinajstić information content (AvgIpc) is 1.52. The summed E-state index contributed by atoms with van der Waals surface area (Å²) < 4.78 is 0. The van der Waals surface area contributed by atoms with E-state index in [2.05, 4.69) is 519 Å². The molecule has 0 N–H and O–H groups in total. The zero-order valence-corrected chi connectivity index (χ0v) is 69.4. The second-order valence-electron chi connectivity index (χ2n) is 33.9. The minimum atomic E-state index is -0.789. The number of nitrogens with zero attached hydrogens (tertiary/aromatic N) is 2. The summed E-state index contributed by atoms with van der Waals surface area (Å²) in [4.78, 5) is 5.14. The van der Waals surface area contributed by atoms with E-state index in [0.29, 0.717) is 0 Å². The molecule has 2 nitrogen and oxygen atoms in total. The lowest BCUT2D eigenvalue weighted by molar-refractivity contribution is 0.766. The van der Waals surface area contributed by atoms with E-state index in [0.717, 1.165) is 61.9 Å². The second-order valence-corrected chi connectivity index (χ2v) is 33.9. The fourth-order valence-corrected chi connectivity index (χ4v) is 22.7. The number of para-hydroxylation sites is 1. The third-order valence-electron chi connectivity index (χ3n) is 27.8. The van der Waals surface area contributed by atoms with Crippen LogP contribution < -0.4 is 9.80 Å². The van der Waals surface area contributed by atoms with Crippen LogP contribution in [0.5, 0.6) is 0 Å². The van der Waals surface area contributed by atoms with Crippen LogP contribution in [-0.4, -0.2) is 0 Å². The lowest BCUT2D eigenvalue weighted by atomic mass is 9.66. The van der Waals surface area contributed by atoms with E-state index in [4.69, 9.17) is 0 Å². The highest BCUT2D eigenvalue weighted by Gasteiger charge is 2.53. The minimum Gasteiger partial charge on any atom is -0.310 e. The van der Waals surface area contributed by atoms with Gasteiger partial charge in [0, 0.05) is 33.8 Å². The molecule has 0 heterocycles. The number of fused-ring (bicyclic) bond motifs is 12. The summed E-state index contributed by atoms with van der Waals surface area (Å²) in [5, 5.41) is 0. The summed E-state index contributed by atoms with van der Waals surface area (Å²) in [6, 6.07) is 192. The van der Waals surface area contributed by atoms with Gasteiger partial charge in [-0.1, -0.05) is 455 Å². The average molecular weight is 1600 g/mol. The molecule has 126 heavy (non-hydrogen) atoms. The van der Waals surface area contributed by atoms with Crippen molar-refractivity contribution in [1.82, 2.24) is 0 Å². The Morgan fingerprint density at radius 3 is 0.754 bits per heavy atom. The molecule has 0 amide bonds. The largest absolute Gasteiger partial charge is 0.310 e. The Bertz CT molecular complexity index is 7440. The van der Waals surface area contributed by atoms with E-state index in [1.54, 1.807) is 0 Å². The van der Waals surface area contributed by atoms with E-state index in [1.807, 2.05) is 0 Å². The molecule has 0 bridgehead atoms. The molecule has 0 saturated heterocycles. The quantitative estimate of drug-likeness (QED) is 0.0896. The van der Waals surface area contributed by atoms with Crippen LogP contribution in [0.3, 0.4) is 0 Å². The van der Waals surface area contributed by atoms with Gasteiger partial charge < -0.3 is 9.80 Å². The zero-order valence-electron chi connectivity index (χ0n) is 69.4. The molecule has 2 unspecified atom stereocenters. The van der Waals surface area contributed by atoms with Gasteiger partial charge in [-0.05, 0) is 205 Å². The SMILES string of the molecule is c1ccc(-c2ccc(N(c3ccc4c(c3)-c3ccccc3C4(c3ccccc3)c3ccccc3)c3cccc4c3C(c3ccccc3)(c3ccc(-c5ccc(C6(c7ccccc7)c7ccccc7-c7cc(N(c8ccccc8-c8ccccc8)c8cccc9c8C(c8ccccc8)(c8ccccc8)c8ccccc8-9)ccc76)cc5)cc3)c3ccccc3-4)cc2)cc1. The molecule has 24 rings (SSSR count). The predicted molar refractivity (Wildman–Crippen MR) is 521 cm³/mol. The van der Waals surface area contributed by atoms with Crippen LogP contribution in [0.15, 0.2) is 510 Å². The van der Waals surface area contributed by atoms with Gasteiger partial charge in [0.05, 0.1) is 38.7 Å². The standard InChI is InChI=1S/C124H84N2/c1-9-37-85(38-10-1)88-71-77-98(78-72-88)125(99-79-81-114-108(83-99)104-56-27-30-60-110(104)121(114,90-41-13-3-14-42-90)91-43-15-4-16-44-91)117-65-35-58-106-102-54-26-33-63-113(102)124(119(106)117,95-51-23-8-24-52-95)97-75-69-87(70-76-97)86-67-73-96(74-68-86)122(92-45-17-5-18-46-92)111-61-31-28-57-105(111)109-84-100(80-82-115(109)122)126(116-64-34-29-53-101(116)89-39-11-2-12-40-89)118-66-36-59-107-103-55-25-32-62-112(103)123(120(107)118,93-47-19-6-20-48-93)94-49-21-7-22-50-94/h1-84H. The first-order valence-corrected chi connectivity index (χ1v) is 43.9. The fraction of sp³-hybridized carbons (Fsp3) is 0.0323. The smallest absolute Gasteiger partial charge is 0.0734 e. The number of anilines is 6. The first kappa shape index (κ1) is 73.9. The topological polar surface area (TPSA) is 6.48 Å². The summed E-state index contributed by atoms with van der Waals surface area (Å²) in [5.74, 6) is 0. The van der Waals surface area contributed by atoms with Gasteiger partial charge in [0.2, 0.25) is 0 Å². The molecule has 4 aliphatic rings. The number of hydrogen-bond acceptors (Lipinski definition) is 2. The van der Waals surface area contributed by atoms with Crippen molar-refractivity contribution >= 4 is 34.1 Å². The number of rotatable bonds is 17. The summed E-state index contributed by atoms with van der Waals surface area (Å²) in [5.41, 5.74) is 40.1. The summed E-state index contributed by atoms with van der Waals surface area (Å²) in [6.07, 6.45) is 0. The lowest BCUT2D eigenvalue weighted by Crippen LogP contribution is -2.30. The van der Waals surface area contributed by atoms with E-state index < -0.39 is 21.7 Å². The van der Waals surface area contributed by atoms with Crippen LogP contribution in [0.25, 0.3) is 77.9 Å². The number of benzene rings is 20. The van der Waals surface area contributed by atoms with Crippen LogP contribution in [0.2, 0.25) is 0 Å². The Balaban J connectivity index is 0.659. The Morgan fingerprint density at radius 1 is 0.127 bits per heavy atom. The van der Waals surface area contributed by atoms with Gasteiger partial charge in [0.25, 0.3) is 0 Å². The molecule has 2 atom stereocenters. The first-order chi connectivity index (χ1) is 62.5. The predicted octanol–water partition coefficient (Wildman–Crippen LogP) is 31.1. The van der Waals surface area contributed by atoms with E-state index in [1.165, 1.54) is 139 Å². The normalized spacial score (nSPS) is 15.3. The van der Waals surface area contributed by atoms with Gasteiger partial charge in [-0.2, -0.15) is 0 Å². The molecule has 0 spiro atoms. The van der Waals surface area contributed by atoms with Crippen molar-refractivity contribution in [3.63, 3.8) is 0 Å². The Kier molecular flexibility index (Phi) is 17.6. The maximum atomic E-state index is 2.58. The summed E-state index contributed by atoms with van der Waals surface area (Å²) in [7, 11) is 0. The van der Waals surface area contributed by atoms with Crippen molar-refractivity contribution in [2.24, 2.45) is 0 Å². The summed E-state index contributed by atoms with van der Waals surface area (Å²) >= 11 is 0. The molecule has 0 aliphatic heterocycles. The van der Waals surface area contributed by atoms with Crippen LogP contribution in [-0.2, 0) is 21.7 Å². The van der Waals surface area contributed by atoms with Crippen molar-refractivity contribution in [3.05, 3.63) is 599 Å². The molecule has 0 fully saturated rings. The van der Waals surface area contributed by atoms with E-state index in [-0.39, 0.29) is 0 Å². The second kappa shape index (κ2) is 30.0. The summed E-state index contributed by atoms with van der Waals surface area (Å²) in [6.45, 7) is 0. The molecule has 4 aliphatic carbocycles. The van der Waals surface area contributed by atoms with Crippen LogP contribution in [0.4, 0.5) is 34.1 Å². The van der Waals surface area contributed by atoms with Crippen molar-refractivity contribution in [3.8, 4) is 77.9 Å². The highest BCUT2D eigenvalue weighted by Crippen LogP contribution is 2.66. The molecule has 0 radical (unpaired) electrons. The Hall–Kier alpha value is -16.0. The van der Waals surface area contributed by atoms with Gasteiger partial charge >= 0.3 is 0 Å². The monoisotopic (exact) mass is 1600 g/mol. The van der Waals surface area contributed by atoms with Crippen LogP contribution >= 0.6 is 0 Å². The molecule has 20 aromatic carbocycles. The molecule has 590 valence electrons. The minimum absolute atomic E-state index is 0.560. The van der Waals surface area contributed by atoms with Gasteiger partial charge in [-0.15, -0.1) is 0 Å². The lowest BCUT2D eigenvalue weighted by Gasteiger charge is -2.38. The highest BCUT2D eigenvalue weighted by atomic mass is 15.2. The highest BCUT2D eigenvalue weighted by molar-refractivity contribution is 6.01. The number of hydrogen-bond donors (Lipinski definition) is 0. The fourth-order valence-electron chi connectivity index (χ4n) is 22.7. The van der Waals surface area contributed by atoms with Crippen LogP contribution in [0.1, 0.15) is 89.0 Å². The third kappa shape index (κ3) is 11.0. The Morgan fingerprint density at radius 2 is 0.365 bits per heavy atom. The third-order valence-corrected chi connectivity index (χ3v) is 27.8. The van der Waals surface area contributed by atoms with Crippen molar-refractivity contribution in [2.75, 3.05) is 9.80 Å². The Labute approximate surface area is 736 Å². The first-order valence-electron chi connectivity index (χ1n) is 43.9. The van der Waals surface area contributed by atoms with Crippen molar-refractivity contribution < 1.29 is 0 Å². The van der Waals surface area contributed by atoms with Gasteiger partial charge in [0.1, 0.15) is 0 Å². The van der Waals surface area contributed by atoms with Gasteiger partial charge in [0.15, 0.2) is 0 Å². The molecule has 20 aromatic rings. The van der Waals surface area contributed by atoms with Crippen molar-refractivity contribution in [2.45, 2.75) is 21.7 Å². The molecular weight excluding hydrogens is 1520 g/mol. The molecule has 0 aromatic heterocycles. The van der Waals surface area contributed by atoms with E-state index in [9.17, 15) is 0 Å². The van der Waals surface area contributed by atoms with Gasteiger partial charge in [-0.25, -0.2) is 0 Å². The van der Waals surface area contributed by atoms with E-state index >= 15 is 0 Å². The van der Waals surface area contributed by atoms with Gasteiger partial charge in [-0.3, -0.25) is 0 Å². The maximum Gasteiger partial charge on any atom is 0.0734 e. The van der Waals surface area contributed by atoms with Crippen molar-refractivity contribution in [1.29, 1.82) is 0 Å². The molecular formula is C124H84N2. The molecule has 2 heteroatoms. The zero-order chi connectivity index (χ0) is 83.3. The molecule has 0 saturated carbocycles. The van der Waals surface area contributed by atoms with Crippen LogP contribution in [0, 0.1) is 0 Å². The maximum absolute atomic E-state index is 2.58.